The van der Waals surface area contributed by atoms with E-state index in [1.807, 2.05) is 0 Å². The van der Waals surface area contributed by atoms with Crippen molar-refractivity contribution >= 4 is 17.6 Å². The minimum Gasteiger partial charge on any atom is -0.506 e. The van der Waals surface area contributed by atoms with Crippen LogP contribution in [0.25, 0.3) is 16.8 Å². The number of amides is 2. The van der Waals surface area contributed by atoms with E-state index in [0.717, 1.165) is 12.1 Å². The molecule has 0 saturated carbocycles. The number of rotatable bonds is 6. The molecule has 1 aliphatic rings. The highest BCUT2D eigenvalue weighted by atomic mass is 19.4. The van der Waals surface area contributed by atoms with E-state index in [1.165, 1.54) is 58.6 Å². The van der Waals surface area contributed by atoms with Crippen LogP contribution in [0.2, 0.25) is 0 Å². The van der Waals surface area contributed by atoms with Crippen LogP contribution in [0.15, 0.2) is 61.2 Å². The van der Waals surface area contributed by atoms with E-state index in [1.54, 1.807) is 10.2 Å². The van der Waals surface area contributed by atoms with Crippen molar-refractivity contribution in [3.63, 3.8) is 0 Å². The first kappa shape index (κ1) is 30.2. The summed E-state index contributed by atoms with van der Waals surface area (Å²) in [5.74, 6) is -1.47. The summed E-state index contributed by atoms with van der Waals surface area (Å²) in [6.45, 7) is -0.816. The average molecular weight is 621 g/mol. The first-order valence-corrected chi connectivity index (χ1v) is 12.9. The molecule has 0 radical (unpaired) electrons. The van der Waals surface area contributed by atoms with E-state index >= 15 is 0 Å². The van der Waals surface area contributed by atoms with Gasteiger partial charge in [0.15, 0.2) is 11.5 Å². The fraction of sp³-hybridized carbons (Fsp3) is 0.259. The Morgan fingerprint density at radius 2 is 1.64 bits per heavy atom. The standard InChI is InChI=1S/C27H22F6N8O3/c28-26(29,30)15-35-24(43)22-1-2-23(38-37-22)39-3-5-40(6-4-39)25(44)16-7-19(27(31,32)33)10-20(8-16)41-14-18(12-36-41)17-9-21(42)13-34-11-17/h1-2,7-14,42H,3-6,15H2,(H,35,43). The number of alkyl halides is 6. The topological polar surface area (TPSA) is 129 Å². The molecule has 1 fully saturated rings. The van der Waals surface area contributed by atoms with E-state index < -0.39 is 36.3 Å². The number of benzene rings is 1. The predicted octanol–water partition coefficient (Wildman–Crippen LogP) is 3.70. The van der Waals surface area contributed by atoms with E-state index in [0.29, 0.717) is 16.9 Å². The van der Waals surface area contributed by atoms with E-state index in [9.17, 15) is 41.0 Å². The lowest BCUT2D eigenvalue weighted by Crippen LogP contribution is -2.49. The van der Waals surface area contributed by atoms with Crippen LogP contribution in [-0.2, 0) is 6.18 Å². The Morgan fingerprint density at radius 3 is 2.27 bits per heavy atom. The van der Waals surface area contributed by atoms with Gasteiger partial charge < -0.3 is 20.2 Å². The van der Waals surface area contributed by atoms with Crippen LogP contribution in [0, 0.1) is 0 Å². The second kappa shape index (κ2) is 11.8. The summed E-state index contributed by atoms with van der Waals surface area (Å²) in [6, 6.07) is 6.98. The summed E-state index contributed by atoms with van der Waals surface area (Å²) in [5, 5.41) is 23.1. The molecule has 3 aromatic heterocycles. The highest BCUT2D eigenvalue weighted by Gasteiger charge is 2.33. The molecule has 2 amide bonds. The number of anilines is 1. The molecule has 0 atom stereocenters. The number of aromatic nitrogens is 5. The monoisotopic (exact) mass is 620 g/mol. The number of carbonyl (C=O) groups excluding carboxylic acids is 2. The summed E-state index contributed by atoms with van der Waals surface area (Å²) in [5.41, 5.74) is -0.587. The number of hydrogen-bond donors (Lipinski definition) is 2. The van der Waals surface area contributed by atoms with Crippen LogP contribution in [0.1, 0.15) is 26.4 Å². The van der Waals surface area contributed by atoms with Gasteiger partial charge in [0.25, 0.3) is 11.8 Å². The zero-order chi connectivity index (χ0) is 31.6. The molecule has 1 aromatic carbocycles. The van der Waals surface area contributed by atoms with Crippen LogP contribution >= 0.6 is 0 Å². The van der Waals surface area contributed by atoms with Crippen LogP contribution in [0.4, 0.5) is 32.2 Å². The van der Waals surface area contributed by atoms with Gasteiger partial charge in [0.2, 0.25) is 0 Å². The average Bonchev–Trinajstić information content (AvgIpc) is 3.49. The number of halogens is 6. The van der Waals surface area contributed by atoms with E-state index in [2.05, 4.69) is 20.3 Å². The quantitative estimate of drug-likeness (QED) is 0.313. The van der Waals surface area contributed by atoms with Gasteiger partial charge in [-0.15, -0.1) is 10.2 Å². The van der Waals surface area contributed by atoms with Crippen molar-refractivity contribution in [3.05, 3.63) is 78.0 Å². The first-order valence-electron chi connectivity index (χ1n) is 12.9. The lowest BCUT2D eigenvalue weighted by Gasteiger charge is -2.35. The second-order valence-corrected chi connectivity index (χ2v) is 9.73. The normalized spacial score (nSPS) is 14.0. The van der Waals surface area contributed by atoms with Gasteiger partial charge in [0, 0.05) is 55.3 Å². The Morgan fingerprint density at radius 1 is 0.886 bits per heavy atom. The molecule has 5 rings (SSSR count). The van der Waals surface area contributed by atoms with Crippen molar-refractivity contribution in [3.8, 4) is 22.6 Å². The molecule has 2 N–H and O–H groups in total. The molecular weight excluding hydrogens is 598 g/mol. The number of hydrogen-bond acceptors (Lipinski definition) is 8. The number of carbonyl (C=O) groups is 2. The first-order chi connectivity index (χ1) is 20.8. The number of nitrogens with one attached hydrogen (secondary N) is 1. The smallest absolute Gasteiger partial charge is 0.416 e. The molecule has 0 unspecified atom stereocenters. The molecule has 1 saturated heterocycles. The summed E-state index contributed by atoms with van der Waals surface area (Å²) in [4.78, 5) is 32.2. The number of piperazine rings is 1. The third kappa shape index (κ3) is 7.04. The molecule has 1 aliphatic heterocycles. The van der Waals surface area contributed by atoms with Crippen molar-refractivity contribution in [1.29, 1.82) is 0 Å². The molecule has 0 bridgehead atoms. The van der Waals surface area contributed by atoms with E-state index in [-0.39, 0.29) is 48.9 Å². The van der Waals surface area contributed by atoms with Gasteiger partial charge >= 0.3 is 12.4 Å². The summed E-state index contributed by atoms with van der Waals surface area (Å²) < 4.78 is 79.6. The fourth-order valence-electron chi connectivity index (χ4n) is 4.44. The lowest BCUT2D eigenvalue weighted by atomic mass is 10.1. The number of nitrogens with zero attached hydrogens (tertiary/aromatic N) is 7. The number of aromatic hydroxyl groups is 1. The maximum atomic E-state index is 13.8. The van der Waals surface area contributed by atoms with Crippen molar-refractivity contribution in [2.75, 3.05) is 37.6 Å². The van der Waals surface area contributed by atoms with Gasteiger partial charge in [-0.3, -0.25) is 14.6 Å². The van der Waals surface area contributed by atoms with Crippen LogP contribution in [0.5, 0.6) is 5.75 Å². The van der Waals surface area contributed by atoms with Crippen molar-refractivity contribution in [2.24, 2.45) is 0 Å². The predicted molar refractivity (Wildman–Crippen MR) is 142 cm³/mol. The maximum absolute atomic E-state index is 13.8. The lowest BCUT2D eigenvalue weighted by molar-refractivity contribution is -0.137. The largest absolute Gasteiger partial charge is 0.506 e. The van der Waals surface area contributed by atoms with Gasteiger partial charge in [-0.1, -0.05) is 0 Å². The second-order valence-electron chi connectivity index (χ2n) is 9.73. The Bertz CT molecular complexity index is 1670. The Kier molecular flexibility index (Phi) is 8.12. The molecule has 4 heterocycles. The van der Waals surface area contributed by atoms with Gasteiger partial charge in [-0.05, 0) is 36.4 Å². The molecule has 11 nitrogen and oxygen atoms in total. The Hall–Kier alpha value is -5.22. The molecular formula is C27H22F6N8O3. The molecule has 230 valence electrons. The highest BCUT2D eigenvalue weighted by molar-refractivity contribution is 5.95. The fourth-order valence-corrected chi connectivity index (χ4v) is 4.44. The molecule has 4 aromatic rings. The Labute approximate surface area is 244 Å². The summed E-state index contributed by atoms with van der Waals surface area (Å²) in [7, 11) is 0. The van der Waals surface area contributed by atoms with Gasteiger partial charge in [0.05, 0.1) is 23.6 Å². The number of pyridine rings is 1. The zero-order valence-corrected chi connectivity index (χ0v) is 22.5. The van der Waals surface area contributed by atoms with Crippen molar-refractivity contribution in [2.45, 2.75) is 12.4 Å². The summed E-state index contributed by atoms with van der Waals surface area (Å²) >= 11 is 0. The van der Waals surface area contributed by atoms with Gasteiger partial charge in [0.1, 0.15) is 12.3 Å². The maximum Gasteiger partial charge on any atom is 0.416 e. The highest BCUT2D eigenvalue weighted by Crippen LogP contribution is 2.32. The molecule has 17 heteroatoms. The minimum atomic E-state index is -4.75. The van der Waals surface area contributed by atoms with Gasteiger partial charge in [-0.25, -0.2) is 4.68 Å². The third-order valence-electron chi connectivity index (χ3n) is 6.62. The summed E-state index contributed by atoms with van der Waals surface area (Å²) in [6.07, 6.45) is -3.80. The molecule has 44 heavy (non-hydrogen) atoms. The molecule has 0 spiro atoms. The van der Waals surface area contributed by atoms with Crippen molar-refractivity contribution < 1.29 is 41.0 Å². The van der Waals surface area contributed by atoms with Crippen molar-refractivity contribution in [1.82, 2.24) is 35.2 Å². The van der Waals surface area contributed by atoms with E-state index in [4.69, 9.17) is 0 Å². The third-order valence-corrected chi connectivity index (χ3v) is 6.62. The zero-order valence-electron chi connectivity index (χ0n) is 22.5. The van der Waals surface area contributed by atoms with Crippen LogP contribution in [0.3, 0.4) is 0 Å². The minimum absolute atomic E-state index is 0.00388. The van der Waals surface area contributed by atoms with Gasteiger partial charge in [-0.2, -0.15) is 31.4 Å². The Balaban J connectivity index is 1.29. The molecule has 0 aliphatic carbocycles. The van der Waals surface area contributed by atoms with Crippen LogP contribution < -0.4 is 10.2 Å². The SMILES string of the molecule is O=C(NCC(F)(F)F)c1ccc(N2CCN(C(=O)c3cc(-n4cc(-c5cncc(O)c5)cn4)cc(C(F)(F)F)c3)CC2)nn1. The van der Waals surface area contributed by atoms with Crippen LogP contribution in [-0.4, -0.2) is 85.7 Å².